The number of sulfonamides is 1. The first-order valence-corrected chi connectivity index (χ1v) is 12.7. The predicted octanol–water partition coefficient (Wildman–Crippen LogP) is 1.06. The molecule has 3 aromatic carbocycles. The van der Waals surface area contributed by atoms with Crippen molar-refractivity contribution in [3.05, 3.63) is 77.9 Å². The molecule has 188 valence electrons. The molecule has 0 aliphatic carbocycles. The zero-order valence-electron chi connectivity index (χ0n) is 19.2. The monoisotopic (exact) mass is 510 g/mol. The van der Waals surface area contributed by atoms with Crippen LogP contribution in [-0.2, 0) is 26.0 Å². The molecule has 0 saturated carbocycles. The van der Waals surface area contributed by atoms with Gasteiger partial charge in [0.2, 0.25) is 15.9 Å². The number of benzene rings is 3. The van der Waals surface area contributed by atoms with Crippen LogP contribution < -0.4 is 10.5 Å². The molecular formula is C25H26N4O6S. The van der Waals surface area contributed by atoms with Gasteiger partial charge in [-0.2, -0.15) is 4.72 Å². The van der Waals surface area contributed by atoms with Crippen molar-refractivity contribution >= 4 is 38.5 Å². The van der Waals surface area contributed by atoms with Crippen molar-refractivity contribution in [1.82, 2.24) is 9.62 Å². The van der Waals surface area contributed by atoms with Crippen molar-refractivity contribution in [2.75, 3.05) is 6.54 Å². The second kappa shape index (κ2) is 10.1. The highest BCUT2D eigenvalue weighted by Crippen LogP contribution is 2.23. The number of carboxylic acid groups (broad SMARTS) is 1. The summed E-state index contributed by atoms with van der Waals surface area (Å²) in [5, 5.41) is 28.8. The van der Waals surface area contributed by atoms with Crippen molar-refractivity contribution in [3.63, 3.8) is 0 Å². The first kappa shape index (κ1) is 25.3. The van der Waals surface area contributed by atoms with Crippen LogP contribution in [0.4, 0.5) is 0 Å². The van der Waals surface area contributed by atoms with Crippen LogP contribution in [0.1, 0.15) is 17.5 Å². The molecule has 0 radical (unpaired) electrons. The lowest BCUT2D eigenvalue weighted by Crippen LogP contribution is -2.52. The average molecular weight is 511 g/mol. The van der Waals surface area contributed by atoms with E-state index in [1.807, 2.05) is 12.1 Å². The number of aliphatic hydroxyl groups is 1. The lowest BCUT2D eigenvalue weighted by molar-refractivity contribution is -0.148. The third kappa shape index (κ3) is 5.38. The molecule has 10 nitrogen and oxygen atoms in total. The van der Waals surface area contributed by atoms with E-state index < -0.39 is 40.1 Å². The maximum atomic E-state index is 13.5. The number of aliphatic hydroxyl groups excluding tert-OH is 1. The van der Waals surface area contributed by atoms with Crippen LogP contribution in [-0.4, -0.2) is 66.0 Å². The van der Waals surface area contributed by atoms with Crippen LogP contribution in [0.3, 0.4) is 0 Å². The van der Waals surface area contributed by atoms with Gasteiger partial charge in [-0.05, 0) is 41.0 Å². The minimum atomic E-state index is -4.20. The van der Waals surface area contributed by atoms with Gasteiger partial charge in [0.1, 0.15) is 17.9 Å². The number of hydrogen-bond acceptors (Lipinski definition) is 6. The van der Waals surface area contributed by atoms with E-state index in [1.54, 1.807) is 42.5 Å². The number of fused-ring (bicyclic) bond motifs is 1. The number of carboxylic acids is 1. The maximum absolute atomic E-state index is 13.5. The molecule has 36 heavy (non-hydrogen) atoms. The number of nitrogens with two attached hydrogens (primary N) is 1. The number of amidine groups is 1. The first-order chi connectivity index (χ1) is 17.0. The Balaban J connectivity index is 1.69. The molecule has 0 aromatic heterocycles. The fraction of sp³-hybridized carbons (Fsp3) is 0.240. The summed E-state index contributed by atoms with van der Waals surface area (Å²) in [5.41, 5.74) is 6.49. The van der Waals surface area contributed by atoms with Crippen LogP contribution in [0, 0.1) is 5.41 Å². The van der Waals surface area contributed by atoms with Gasteiger partial charge in [-0.1, -0.05) is 48.5 Å². The number of rotatable bonds is 8. The topological polar surface area (TPSA) is 174 Å². The molecule has 1 fully saturated rings. The molecule has 11 heteroatoms. The van der Waals surface area contributed by atoms with Crippen LogP contribution in [0.15, 0.2) is 71.6 Å². The standard InChI is InChI=1S/C25H26N4O6S/c26-23(27)18-7-3-4-15(10-18)11-21(24(31)29-14-19(30)13-22(29)25(32)33)28-36(34,35)20-9-8-16-5-1-2-6-17(16)12-20/h1-10,12,19,21-22,28,30H,11,13-14H2,(H3,26,27)(H,32,33)/t19?,21-,22-/m0/s1. The Morgan fingerprint density at radius 3 is 2.50 bits per heavy atom. The largest absolute Gasteiger partial charge is 0.480 e. The van der Waals surface area contributed by atoms with Crippen LogP contribution in [0.2, 0.25) is 0 Å². The van der Waals surface area contributed by atoms with E-state index in [-0.39, 0.29) is 30.1 Å². The van der Waals surface area contributed by atoms with Crippen LogP contribution in [0.25, 0.3) is 10.8 Å². The van der Waals surface area contributed by atoms with Crippen LogP contribution >= 0.6 is 0 Å². The number of hydrogen-bond donors (Lipinski definition) is 5. The number of carbonyl (C=O) groups excluding carboxylic acids is 1. The number of likely N-dealkylation sites (tertiary alicyclic amines) is 1. The summed E-state index contributed by atoms with van der Waals surface area (Å²) in [6.07, 6.45) is -1.30. The molecule has 3 aromatic rings. The number of nitrogen functional groups attached to an aromatic ring is 1. The number of amides is 1. The summed E-state index contributed by atoms with van der Waals surface area (Å²) in [6, 6.07) is 15.7. The lowest BCUT2D eigenvalue weighted by Gasteiger charge is -2.27. The summed E-state index contributed by atoms with van der Waals surface area (Å²) in [6.45, 7) is -0.225. The second-order valence-corrected chi connectivity index (χ2v) is 10.4. The van der Waals surface area contributed by atoms with Gasteiger partial charge in [0.15, 0.2) is 0 Å². The van der Waals surface area contributed by atoms with E-state index >= 15 is 0 Å². The Labute approximate surface area is 207 Å². The third-order valence-electron chi connectivity index (χ3n) is 6.15. The molecule has 1 amide bonds. The van der Waals surface area contributed by atoms with Crippen molar-refractivity contribution in [3.8, 4) is 0 Å². The number of aliphatic carboxylic acids is 1. The molecule has 1 unspecified atom stereocenters. The SMILES string of the molecule is N=C(N)c1cccc(C[C@H](NS(=O)(=O)c2ccc3ccccc3c2)C(=O)N2CC(O)C[C@H]2C(=O)O)c1. The molecule has 3 atom stereocenters. The molecule has 6 N–H and O–H groups in total. The number of β-amino-alcohol motifs (C(OH)–C–C–N with tert-alkyl or cyclic N) is 1. The zero-order chi connectivity index (χ0) is 26.0. The van der Waals surface area contributed by atoms with Gasteiger partial charge in [0.25, 0.3) is 0 Å². The van der Waals surface area contributed by atoms with E-state index in [0.29, 0.717) is 16.5 Å². The van der Waals surface area contributed by atoms with E-state index in [0.717, 1.165) is 10.3 Å². The Kier molecular flexibility index (Phi) is 7.07. The zero-order valence-corrected chi connectivity index (χ0v) is 20.0. The van der Waals surface area contributed by atoms with Gasteiger partial charge >= 0.3 is 5.97 Å². The van der Waals surface area contributed by atoms with Gasteiger partial charge in [-0.15, -0.1) is 0 Å². The van der Waals surface area contributed by atoms with E-state index in [2.05, 4.69) is 4.72 Å². The summed E-state index contributed by atoms with van der Waals surface area (Å²) in [5.74, 6) is -2.24. The number of carbonyl (C=O) groups is 2. The Morgan fingerprint density at radius 2 is 1.81 bits per heavy atom. The highest BCUT2D eigenvalue weighted by atomic mass is 32.2. The normalized spacial score (nSPS) is 18.8. The van der Waals surface area contributed by atoms with Gasteiger partial charge in [-0.25, -0.2) is 13.2 Å². The molecule has 0 spiro atoms. The molecule has 0 bridgehead atoms. The van der Waals surface area contributed by atoms with Crippen LogP contribution in [0.5, 0.6) is 0 Å². The Morgan fingerprint density at radius 1 is 1.08 bits per heavy atom. The smallest absolute Gasteiger partial charge is 0.326 e. The van der Waals surface area contributed by atoms with E-state index in [9.17, 15) is 28.2 Å². The minimum Gasteiger partial charge on any atom is -0.480 e. The Bertz CT molecular complexity index is 1440. The van der Waals surface area contributed by atoms with Gasteiger partial charge < -0.3 is 20.8 Å². The molecule has 1 aliphatic heterocycles. The lowest BCUT2D eigenvalue weighted by atomic mass is 10.0. The first-order valence-electron chi connectivity index (χ1n) is 11.2. The second-order valence-electron chi connectivity index (χ2n) is 8.74. The molecule has 1 heterocycles. The van der Waals surface area contributed by atoms with Crippen molar-refractivity contribution < 1.29 is 28.2 Å². The summed E-state index contributed by atoms with van der Waals surface area (Å²) in [4.78, 5) is 26.2. The van der Waals surface area contributed by atoms with Crippen molar-refractivity contribution in [2.24, 2.45) is 5.73 Å². The fourth-order valence-electron chi connectivity index (χ4n) is 4.36. The average Bonchev–Trinajstić information content (AvgIpc) is 3.25. The highest BCUT2D eigenvalue weighted by Gasteiger charge is 2.42. The Hall–Kier alpha value is -3.80. The predicted molar refractivity (Wildman–Crippen MR) is 133 cm³/mol. The molecule has 1 aliphatic rings. The number of nitrogens with one attached hydrogen (secondary N) is 2. The minimum absolute atomic E-state index is 0.0484. The van der Waals surface area contributed by atoms with Crippen molar-refractivity contribution in [2.45, 2.75) is 35.9 Å². The number of nitrogens with zero attached hydrogens (tertiary/aromatic N) is 1. The quantitative estimate of drug-likeness (QED) is 0.222. The van der Waals surface area contributed by atoms with Gasteiger partial charge in [0, 0.05) is 18.5 Å². The summed E-state index contributed by atoms with van der Waals surface area (Å²) < 4.78 is 29.1. The third-order valence-corrected chi connectivity index (χ3v) is 7.62. The van der Waals surface area contributed by atoms with Gasteiger partial charge in [0.05, 0.1) is 11.0 Å². The molecule has 1 saturated heterocycles. The van der Waals surface area contributed by atoms with Gasteiger partial charge in [-0.3, -0.25) is 10.2 Å². The summed E-state index contributed by atoms with van der Waals surface area (Å²) >= 11 is 0. The fourth-order valence-corrected chi connectivity index (χ4v) is 5.59. The van der Waals surface area contributed by atoms with E-state index in [4.69, 9.17) is 11.1 Å². The van der Waals surface area contributed by atoms with Crippen molar-refractivity contribution in [1.29, 1.82) is 5.41 Å². The summed E-state index contributed by atoms with van der Waals surface area (Å²) in [7, 11) is -4.20. The maximum Gasteiger partial charge on any atom is 0.326 e. The highest BCUT2D eigenvalue weighted by molar-refractivity contribution is 7.89. The molecule has 4 rings (SSSR count). The molecular weight excluding hydrogens is 484 g/mol. The van der Waals surface area contributed by atoms with E-state index in [1.165, 1.54) is 12.1 Å².